The van der Waals surface area contributed by atoms with Gasteiger partial charge in [-0.3, -0.25) is 0 Å². The number of nitrogens with two attached hydrogens (primary N) is 1. The Kier molecular flexibility index (Phi) is 4.04. The fourth-order valence-electron chi connectivity index (χ4n) is 2.72. The third kappa shape index (κ3) is 2.86. The molecule has 0 saturated heterocycles. The number of halogens is 1. The molecule has 2 rings (SSSR count). The van der Waals surface area contributed by atoms with Crippen LogP contribution >= 0.6 is 15.9 Å². The van der Waals surface area contributed by atoms with Crippen LogP contribution in [0.25, 0.3) is 0 Å². The van der Waals surface area contributed by atoms with Gasteiger partial charge < -0.3 is 5.73 Å². The lowest BCUT2D eigenvalue weighted by molar-refractivity contribution is 0.308. The zero-order valence-corrected chi connectivity index (χ0v) is 11.5. The highest BCUT2D eigenvalue weighted by Gasteiger charge is 2.21. The van der Waals surface area contributed by atoms with E-state index in [4.69, 9.17) is 5.73 Å². The molecule has 16 heavy (non-hydrogen) atoms. The third-order valence-corrected chi connectivity index (χ3v) is 4.06. The van der Waals surface area contributed by atoms with Gasteiger partial charge in [-0.25, -0.2) is 0 Å². The topological polar surface area (TPSA) is 26.0 Å². The van der Waals surface area contributed by atoms with Gasteiger partial charge in [0.15, 0.2) is 0 Å². The van der Waals surface area contributed by atoms with E-state index in [1.807, 2.05) is 0 Å². The van der Waals surface area contributed by atoms with E-state index >= 15 is 0 Å². The first-order valence-corrected chi connectivity index (χ1v) is 6.99. The second-order valence-corrected chi connectivity index (χ2v) is 5.90. The van der Waals surface area contributed by atoms with Crippen molar-refractivity contribution in [2.24, 2.45) is 11.7 Å². The Labute approximate surface area is 107 Å². The largest absolute Gasteiger partial charge is 0.324 e. The molecule has 1 aromatic carbocycles. The minimum Gasteiger partial charge on any atom is -0.324 e. The van der Waals surface area contributed by atoms with Gasteiger partial charge in [-0.1, -0.05) is 41.3 Å². The molecule has 1 saturated carbocycles. The summed E-state index contributed by atoms with van der Waals surface area (Å²) in [4.78, 5) is 0. The fraction of sp³-hybridized carbons (Fsp3) is 0.571. The maximum Gasteiger partial charge on any atom is 0.0324 e. The van der Waals surface area contributed by atoms with Crippen LogP contribution in [0.5, 0.6) is 0 Å². The first-order valence-electron chi connectivity index (χ1n) is 6.19. The van der Waals surface area contributed by atoms with Crippen LogP contribution in [0.4, 0.5) is 0 Å². The molecule has 1 aliphatic rings. The Morgan fingerprint density at radius 1 is 1.19 bits per heavy atom. The maximum absolute atomic E-state index is 6.39. The van der Waals surface area contributed by atoms with Crippen LogP contribution in [0.1, 0.15) is 49.3 Å². The standard InChI is InChI=1S/C14H20BrN/c1-10-7-12(9-13(15)8-10)14(16)11-5-3-2-4-6-11/h7-9,11,14H,2-6,16H2,1H3. The van der Waals surface area contributed by atoms with E-state index in [0.717, 1.165) is 4.47 Å². The molecule has 0 radical (unpaired) electrons. The zero-order chi connectivity index (χ0) is 11.5. The average molecular weight is 282 g/mol. The monoisotopic (exact) mass is 281 g/mol. The van der Waals surface area contributed by atoms with Gasteiger partial charge in [0, 0.05) is 10.5 Å². The number of hydrogen-bond acceptors (Lipinski definition) is 1. The quantitative estimate of drug-likeness (QED) is 0.858. The van der Waals surface area contributed by atoms with Crippen molar-refractivity contribution in [3.63, 3.8) is 0 Å². The van der Waals surface area contributed by atoms with Crippen LogP contribution in [0.3, 0.4) is 0 Å². The lowest BCUT2D eigenvalue weighted by Gasteiger charge is -2.28. The summed E-state index contributed by atoms with van der Waals surface area (Å²) in [6.45, 7) is 2.13. The van der Waals surface area contributed by atoms with E-state index in [-0.39, 0.29) is 6.04 Å². The van der Waals surface area contributed by atoms with Crippen molar-refractivity contribution in [2.75, 3.05) is 0 Å². The molecule has 1 fully saturated rings. The summed E-state index contributed by atoms with van der Waals surface area (Å²) in [5.74, 6) is 0.683. The summed E-state index contributed by atoms with van der Waals surface area (Å²) < 4.78 is 1.15. The molecule has 1 aromatic rings. The van der Waals surface area contributed by atoms with Crippen molar-refractivity contribution in [3.8, 4) is 0 Å². The van der Waals surface area contributed by atoms with Gasteiger partial charge in [-0.2, -0.15) is 0 Å². The molecule has 1 nitrogen and oxygen atoms in total. The Balaban J connectivity index is 2.15. The Morgan fingerprint density at radius 3 is 2.50 bits per heavy atom. The van der Waals surface area contributed by atoms with Crippen LogP contribution in [0.2, 0.25) is 0 Å². The number of aryl methyl sites for hydroxylation is 1. The van der Waals surface area contributed by atoms with Gasteiger partial charge in [-0.05, 0) is 48.9 Å². The zero-order valence-electron chi connectivity index (χ0n) is 9.88. The van der Waals surface area contributed by atoms with Crippen molar-refractivity contribution in [1.82, 2.24) is 0 Å². The molecule has 2 N–H and O–H groups in total. The molecule has 1 aliphatic carbocycles. The van der Waals surface area contributed by atoms with Crippen molar-refractivity contribution in [1.29, 1.82) is 0 Å². The number of hydrogen-bond donors (Lipinski definition) is 1. The minimum absolute atomic E-state index is 0.219. The number of benzene rings is 1. The summed E-state index contributed by atoms with van der Waals surface area (Å²) in [6, 6.07) is 6.75. The summed E-state index contributed by atoms with van der Waals surface area (Å²) in [5, 5.41) is 0. The summed E-state index contributed by atoms with van der Waals surface area (Å²) in [6.07, 6.45) is 6.69. The maximum atomic E-state index is 6.39. The molecular weight excluding hydrogens is 262 g/mol. The van der Waals surface area contributed by atoms with Gasteiger partial charge in [0.1, 0.15) is 0 Å². The van der Waals surface area contributed by atoms with Gasteiger partial charge in [-0.15, -0.1) is 0 Å². The van der Waals surface area contributed by atoms with E-state index < -0.39 is 0 Å². The van der Waals surface area contributed by atoms with E-state index in [9.17, 15) is 0 Å². The summed E-state index contributed by atoms with van der Waals surface area (Å²) in [7, 11) is 0. The van der Waals surface area contributed by atoms with Gasteiger partial charge in [0.2, 0.25) is 0 Å². The molecule has 0 aliphatic heterocycles. The molecule has 0 bridgehead atoms. The first kappa shape index (κ1) is 12.1. The minimum atomic E-state index is 0.219. The molecule has 1 unspecified atom stereocenters. The van der Waals surface area contributed by atoms with Gasteiger partial charge >= 0.3 is 0 Å². The van der Waals surface area contributed by atoms with Gasteiger partial charge in [0.25, 0.3) is 0 Å². The predicted molar refractivity (Wildman–Crippen MR) is 72.4 cm³/mol. The molecule has 0 heterocycles. The normalized spacial score (nSPS) is 19.7. The van der Waals surface area contributed by atoms with Crippen LogP contribution < -0.4 is 5.73 Å². The Bertz CT molecular complexity index is 336. The molecular formula is C14H20BrN. The van der Waals surface area contributed by atoms with E-state index in [1.54, 1.807) is 0 Å². The van der Waals surface area contributed by atoms with Crippen LogP contribution in [0, 0.1) is 12.8 Å². The second kappa shape index (κ2) is 5.33. The van der Waals surface area contributed by atoms with E-state index in [1.165, 1.54) is 43.2 Å². The molecule has 0 spiro atoms. The molecule has 1 atom stereocenters. The second-order valence-electron chi connectivity index (χ2n) is 4.99. The summed E-state index contributed by atoms with van der Waals surface area (Å²) in [5.41, 5.74) is 8.96. The fourth-order valence-corrected chi connectivity index (χ4v) is 3.35. The van der Waals surface area contributed by atoms with Gasteiger partial charge in [0.05, 0.1) is 0 Å². The van der Waals surface area contributed by atoms with Crippen molar-refractivity contribution in [2.45, 2.75) is 45.1 Å². The van der Waals surface area contributed by atoms with Crippen LogP contribution in [-0.2, 0) is 0 Å². The lowest BCUT2D eigenvalue weighted by atomic mass is 9.81. The highest BCUT2D eigenvalue weighted by Crippen LogP contribution is 2.33. The highest BCUT2D eigenvalue weighted by molar-refractivity contribution is 9.10. The molecule has 88 valence electrons. The number of rotatable bonds is 2. The third-order valence-electron chi connectivity index (χ3n) is 3.61. The van der Waals surface area contributed by atoms with Crippen molar-refractivity contribution < 1.29 is 0 Å². The predicted octanol–water partition coefficient (Wildman–Crippen LogP) is 4.34. The molecule has 0 amide bonds. The molecule has 0 aromatic heterocycles. The summed E-state index contributed by atoms with van der Waals surface area (Å²) >= 11 is 3.55. The van der Waals surface area contributed by atoms with Crippen molar-refractivity contribution >= 4 is 15.9 Å². The SMILES string of the molecule is Cc1cc(Br)cc(C(N)C2CCCCC2)c1. The van der Waals surface area contributed by atoms with Crippen LogP contribution in [0.15, 0.2) is 22.7 Å². The lowest BCUT2D eigenvalue weighted by Crippen LogP contribution is -2.23. The average Bonchev–Trinajstić information content (AvgIpc) is 2.28. The van der Waals surface area contributed by atoms with Crippen molar-refractivity contribution in [3.05, 3.63) is 33.8 Å². The Hall–Kier alpha value is -0.340. The first-order chi connectivity index (χ1) is 7.66. The van der Waals surface area contributed by atoms with E-state index in [0.29, 0.717) is 5.92 Å². The van der Waals surface area contributed by atoms with E-state index in [2.05, 4.69) is 41.1 Å². The molecule has 2 heteroatoms. The van der Waals surface area contributed by atoms with Crippen LogP contribution in [-0.4, -0.2) is 0 Å². The smallest absolute Gasteiger partial charge is 0.0324 e. The highest BCUT2D eigenvalue weighted by atomic mass is 79.9. The Morgan fingerprint density at radius 2 is 1.88 bits per heavy atom.